The topological polar surface area (TPSA) is 76.0 Å². The molecule has 37 heavy (non-hydrogen) atoms. The third-order valence-corrected chi connectivity index (χ3v) is 9.03. The lowest BCUT2D eigenvalue weighted by molar-refractivity contribution is -0.109. The zero-order chi connectivity index (χ0) is 28.6. The number of nitrogens with zero attached hydrogens (tertiary/aromatic N) is 3. The van der Waals surface area contributed by atoms with E-state index in [1.54, 1.807) is 18.4 Å². The van der Waals surface area contributed by atoms with Crippen molar-refractivity contribution >= 4 is 51.8 Å². The lowest BCUT2D eigenvalue weighted by atomic mass is 9.35. The summed E-state index contributed by atoms with van der Waals surface area (Å²) in [5.74, 6) is 3.39. The highest BCUT2D eigenvalue weighted by atomic mass is 35.5. The molecule has 3 fully saturated rings. The second-order valence-corrected chi connectivity index (χ2v) is 11.7. The van der Waals surface area contributed by atoms with Crippen LogP contribution in [0.5, 0.6) is 0 Å². The Morgan fingerprint density at radius 2 is 2.22 bits per heavy atom. The van der Waals surface area contributed by atoms with Crippen molar-refractivity contribution < 1.29 is 18.4 Å². The number of esters is 1. The standard InChI is InChI=1S/C28H27ClN4O3S/c1-6-27-12-28(13-27,14-27)26-32-22-20(15(2)30-17-9-10-19(29)31-21(17)25(34)35-5)16(3)37-24(22)23(33(26)4)18-8-7-11-36-18/h1,7,9-11,15,30H,8,12-14H2,2-5H3/i4D3. The number of nitrogens with one attached hydrogen (secondary N) is 1. The van der Waals surface area contributed by atoms with Crippen molar-refractivity contribution in [1.29, 1.82) is 0 Å². The molecular weight excluding hydrogens is 508 g/mol. The molecule has 2 aliphatic heterocycles. The van der Waals surface area contributed by atoms with Gasteiger partial charge in [0.2, 0.25) is 0 Å². The van der Waals surface area contributed by atoms with Gasteiger partial charge in [0.25, 0.3) is 0 Å². The predicted molar refractivity (Wildman–Crippen MR) is 146 cm³/mol. The Hall–Kier alpha value is -3.28. The van der Waals surface area contributed by atoms with Gasteiger partial charge in [-0.1, -0.05) is 17.5 Å². The third kappa shape index (κ3) is 3.52. The monoisotopic (exact) mass is 537 g/mol. The number of amidine groups is 1. The van der Waals surface area contributed by atoms with Crippen molar-refractivity contribution in [3.05, 3.63) is 56.4 Å². The first kappa shape index (κ1) is 20.7. The average Bonchev–Trinajstić information content (AvgIpc) is 3.49. The van der Waals surface area contributed by atoms with Gasteiger partial charge >= 0.3 is 5.97 Å². The second kappa shape index (κ2) is 8.37. The van der Waals surface area contributed by atoms with Crippen molar-refractivity contribution in [2.24, 2.45) is 15.8 Å². The van der Waals surface area contributed by atoms with Gasteiger partial charge in [0.05, 0.1) is 35.7 Å². The van der Waals surface area contributed by atoms with Crippen LogP contribution >= 0.6 is 22.9 Å². The number of thiophene rings is 1. The molecule has 2 aromatic rings. The molecule has 4 heterocycles. The van der Waals surface area contributed by atoms with E-state index in [1.165, 1.54) is 23.3 Å². The summed E-state index contributed by atoms with van der Waals surface area (Å²) in [6, 6.07) is 2.96. The molecule has 1 atom stereocenters. The minimum atomic E-state index is -2.48. The summed E-state index contributed by atoms with van der Waals surface area (Å²) >= 11 is 7.53. The minimum Gasteiger partial charge on any atom is -0.467 e. The maximum absolute atomic E-state index is 12.4. The van der Waals surface area contributed by atoms with Gasteiger partial charge in [-0.3, -0.25) is 0 Å². The lowest BCUT2D eigenvalue weighted by Gasteiger charge is -2.69. The number of aliphatic imine (C=N–C) groups is 1. The van der Waals surface area contributed by atoms with Crippen LogP contribution in [0, 0.1) is 30.1 Å². The molecule has 1 unspecified atom stereocenters. The molecule has 190 valence electrons. The molecule has 0 amide bonds. The van der Waals surface area contributed by atoms with Crippen molar-refractivity contribution in [1.82, 2.24) is 9.88 Å². The highest BCUT2D eigenvalue weighted by Gasteiger charge is 2.70. The summed E-state index contributed by atoms with van der Waals surface area (Å²) in [6.07, 6.45) is 11.9. The molecule has 2 bridgehead atoms. The summed E-state index contributed by atoms with van der Waals surface area (Å²) in [5, 5.41) is 3.56. The van der Waals surface area contributed by atoms with Crippen LogP contribution in [0.15, 0.2) is 35.2 Å². The van der Waals surface area contributed by atoms with Crippen molar-refractivity contribution in [2.45, 2.75) is 45.6 Å². The Labute approximate surface area is 229 Å². The number of halogens is 1. The number of aromatic nitrogens is 1. The molecule has 2 aromatic heterocycles. The van der Waals surface area contributed by atoms with E-state index in [0.717, 1.165) is 15.3 Å². The Balaban J connectivity index is 1.49. The fourth-order valence-electron chi connectivity index (χ4n) is 6.07. The third-order valence-electron chi connectivity index (χ3n) is 7.70. The zero-order valence-corrected chi connectivity index (χ0v) is 22.2. The predicted octanol–water partition coefficient (Wildman–Crippen LogP) is 6.45. The van der Waals surface area contributed by atoms with Crippen LogP contribution in [0.1, 0.15) is 68.6 Å². The first-order chi connectivity index (χ1) is 18.9. The van der Waals surface area contributed by atoms with Gasteiger partial charge < -0.3 is 19.7 Å². The van der Waals surface area contributed by atoms with E-state index in [4.69, 9.17) is 36.6 Å². The zero-order valence-electron chi connectivity index (χ0n) is 23.6. The molecule has 3 aliphatic carbocycles. The molecule has 0 radical (unpaired) electrons. The van der Waals surface area contributed by atoms with E-state index in [9.17, 15) is 4.79 Å². The van der Waals surface area contributed by atoms with Crippen molar-refractivity contribution in [3.8, 4) is 12.3 Å². The van der Waals surface area contributed by atoms with Crippen LogP contribution in [0.4, 0.5) is 11.4 Å². The van der Waals surface area contributed by atoms with Crippen LogP contribution in [-0.4, -0.2) is 35.8 Å². The number of carbonyl (C=O) groups excluding carboxylic acids is 1. The Kier molecular flexibility index (Phi) is 4.69. The summed E-state index contributed by atoms with van der Waals surface area (Å²) in [7, 11) is 1.29. The van der Waals surface area contributed by atoms with E-state index in [1.807, 2.05) is 19.9 Å². The Morgan fingerprint density at radius 1 is 1.43 bits per heavy atom. The molecule has 5 aliphatic rings. The van der Waals surface area contributed by atoms with Gasteiger partial charge in [-0.15, -0.1) is 17.8 Å². The molecule has 0 saturated heterocycles. The minimum absolute atomic E-state index is 0.0723. The number of anilines is 1. The van der Waals surface area contributed by atoms with Crippen LogP contribution < -0.4 is 5.32 Å². The highest BCUT2D eigenvalue weighted by Crippen LogP contribution is 2.74. The number of rotatable bonds is 5. The fourth-order valence-corrected chi connectivity index (χ4v) is 7.46. The van der Waals surface area contributed by atoms with Crippen LogP contribution in [0.25, 0.3) is 5.70 Å². The molecule has 0 spiro atoms. The highest BCUT2D eigenvalue weighted by molar-refractivity contribution is 7.14. The van der Waals surface area contributed by atoms with Gasteiger partial charge in [-0.25, -0.2) is 14.8 Å². The van der Waals surface area contributed by atoms with Crippen molar-refractivity contribution in [2.75, 3.05) is 19.4 Å². The largest absolute Gasteiger partial charge is 0.467 e. The summed E-state index contributed by atoms with van der Waals surface area (Å²) in [5.41, 5.74) is 2.11. The Bertz CT molecular complexity index is 1560. The van der Waals surface area contributed by atoms with Crippen LogP contribution in [0.2, 0.25) is 5.15 Å². The van der Waals surface area contributed by atoms with Crippen LogP contribution in [0.3, 0.4) is 0 Å². The number of fused-ring (bicyclic) bond motifs is 1. The average molecular weight is 538 g/mol. The number of ether oxygens (including phenoxy) is 2. The van der Waals surface area contributed by atoms with Crippen LogP contribution in [-0.2, 0) is 9.47 Å². The summed E-state index contributed by atoms with van der Waals surface area (Å²) in [6.45, 7) is 1.47. The number of hydrogen-bond donors (Lipinski definition) is 1. The first-order valence-corrected chi connectivity index (χ1v) is 13.2. The summed E-state index contributed by atoms with van der Waals surface area (Å²) in [4.78, 5) is 24.8. The first-order valence-electron chi connectivity index (χ1n) is 13.5. The molecule has 7 nitrogen and oxygen atoms in total. The quantitative estimate of drug-likeness (QED) is 0.268. The number of methoxy groups -OCH3 is 1. The number of pyridine rings is 1. The van der Waals surface area contributed by atoms with E-state index >= 15 is 0 Å². The Morgan fingerprint density at radius 3 is 2.86 bits per heavy atom. The molecule has 0 aromatic carbocycles. The maximum atomic E-state index is 12.4. The van der Waals surface area contributed by atoms with E-state index in [-0.39, 0.29) is 22.3 Å². The maximum Gasteiger partial charge on any atom is 0.358 e. The fraction of sp³-hybridized carbons (Fsp3) is 0.393. The van der Waals surface area contributed by atoms with Gasteiger partial charge in [0.1, 0.15) is 22.4 Å². The molecule has 3 saturated carbocycles. The number of hydrogen-bond acceptors (Lipinski definition) is 8. The van der Waals surface area contributed by atoms with Crippen molar-refractivity contribution in [3.63, 3.8) is 0 Å². The number of allylic oxidation sites excluding steroid dienone is 1. The molecule has 9 heteroatoms. The summed E-state index contributed by atoms with van der Waals surface area (Å²) < 4.78 is 36.4. The van der Waals surface area contributed by atoms with E-state index in [2.05, 4.69) is 16.2 Å². The normalized spacial score (nSPS) is 29.3. The van der Waals surface area contributed by atoms with Gasteiger partial charge in [0, 0.05) is 38.8 Å². The number of aryl methyl sites for hydroxylation is 1. The van der Waals surface area contributed by atoms with Gasteiger partial charge in [-0.2, -0.15) is 0 Å². The lowest BCUT2D eigenvalue weighted by Crippen LogP contribution is -2.67. The second-order valence-electron chi connectivity index (χ2n) is 10.1. The number of terminal acetylenes is 1. The SMILES string of the molecule is [2H]C([2H])([2H])N1C(C23CC(C#C)(C2)C3)=Nc2c(sc(C)c2C(C)Nc2ccc(Cl)nc2C(=O)OC)C1=C1CC=CO1. The number of carbonyl (C=O) groups is 1. The van der Waals surface area contributed by atoms with E-state index in [0.29, 0.717) is 54.3 Å². The molecule has 1 N–H and O–H groups in total. The molecule has 7 rings (SSSR count). The van der Waals surface area contributed by atoms with E-state index < -0.39 is 18.4 Å². The van der Waals surface area contributed by atoms with Gasteiger partial charge in [0.15, 0.2) is 5.69 Å². The smallest absolute Gasteiger partial charge is 0.358 e. The molecular formula is C28H27ClN4O3S. The van der Waals surface area contributed by atoms with Gasteiger partial charge in [-0.05, 0) is 51.3 Å².